The van der Waals surface area contributed by atoms with Crippen molar-refractivity contribution in [1.29, 1.82) is 0 Å². The molecule has 110 valence electrons. The van der Waals surface area contributed by atoms with Crippen molar-refractivity contribution < 1.29 is 9.90 Å². The van der Waals surface area contributed by atoms with Gasteiger partial charge in [0.2, 0.25) is 0 Å². The molecule has 1 heterocycles. The summed E-state index contributed by atoms with van der Waals surface area (Å²) in [5.41, 5.74) is 2.75. The second-order valence-corrected chi connectivity index (χ2v) is 5.27. The molecular weight excluding hydrogens is 264 g/mol. The van der Waals surface area contributed by atoms with Gasteiger partial charge >= 0.3 is 5.97 Å². The lowest BCUT2D eigenvalue weighted by molar-refractivity contribution is -0.139. The van der Waals surface area contributed by atoms with Crippen LogP contribution in [0.2, 0.25) is 0 Å². The van der Waals surface area contributed by atoms with E-state index in [-0.39, 0.29) is 0 Å². The van der Waals surface area contributed by atoms with E-state index < -0.39 is 11.9 Å². The van der Waals surface area contributed by atoms with Crippen LogP contribution in [-0.4, -0.2) is 34.6 Å². The molecule has 0 amide bonds. The number of carbonyl (C=O) groups is 1. The molecule has 0 fully saturated rings. The van der Waals surface area contributed by atoms with Crippen LogP contribution in [0.15, 0.2) is 48.5 Å². The molecule has 1 unspecified atom stereocenters. The molecule has 0 saturated carbocycles. The molecule has 4 heteroatoms. The van der Waals surface area contributed by atoms with E-state index in [1.54, 1.807) is 0 Å². The van der Waals surface area contributed by atoms with Gasteiger partial charge < -0.3 is 5.11 Å². The first-order valence-electron chi connectivity index (χ1n) is 6.95. The van der Waals surface area contributed by atoms with E-state index in [0.29, 0.717) is 13.1 Å². The van der Waals surface area contributed by atoms with Crippen molar-refractivity contribution in [2.45, 2.75) is 19.4 Å². The number of likely N-dealkylation sites (N-methyl/N-ethyl adjacent to an activating group) is 1. The van der Waals surface area contributed by atoms with Gasteiger partial charge in [-0.1, -0.05) is 36.4 Å². The van der Waals surface area contributed by atoms with E-state index in [1.165, 1.54) is 0 Å². The van der Waals surface area contributed by atoms with E-state index in [1.807, 2.05) is 67.4 Å². The zero-order chi connectivity index (χ0) is 15.2. The van der Waals surface area contributed by atoms with Crippen LogP contribution in [-0.2, 0) is 11.3 Å². The third-order valence-corrected chi connectivity index (χ3v) is 3.37. The number of benzene rings is 1. The first-order chi connectivity index (χ1) is 10.1. The quantitative estimate of drug-likeness (QED) is 0.886. The standard InChI is InChI=1S/C17H20N2O2/c1-13-7-6-10-15(18-13)11-19(2)12-16(17(20)21)14-8-4-3-5-9-14/h3-10,16H,11-12H2,1-2H3,(H,20,21). The summed E-state index contributed by atoms with van der Waals surface area (Å²) in [6.45, 7) is 3.04. The van der Waals surface area contributed by atoms with E-state index in [4.69, 9.17) is 0 Å². The fourth-order valence-electron chi connectivity index (χ4n) is 2.35. The number of hydrogen-bond acceptors (Lipinski definition) is 3. The molecule has 1 aromatic heterocycles. The molecule has 1 N–H and O–H groups in total. The van der Waals surface area contributed by atoms with Crippen molar-refractivity contribution in [2.75, 3.05) is 13.6 Å². The molecule has 0 aliphatic carbocycles. The minimum Gasteiger partial charge on any atom is -0.481 e. The lowest BCUT2D eigenvalue weighted by Gasteiger charge is -2.21. The molecule has 1 atom stereocenters. The van der Waals surface area contributed by atoms with Gasteiger partial charge in [0.05, 0.1) is 11.6 Å². The third kappa shape index (κ3) is 4.39. The number of rotatable bonds is 6. The molecule has 0 saturated heterocycles. The summed E-state index contributed by atoms with van der Waals surface area (Å²) in [6, 6.07) is 15.2. The van der Waals surface area contributed by atoms with Crippen molar-refractivity contribution in [3.05, 3.63) is 65.5 Å². The Morgan fingerprint density at radius 2 is 1.90 bits per heavy atom. The summed E-state index contributed by atoms with van der Waals surface area (Å²) in [5, 5.41) is 9.44. The zero-order valence-electron chi connectivity index (χ0n) is 12.4. The summed E-state index contributed by atoms with van der Waals surface area (Å²) >= 11 is 0. The van der Waals surface area contributed by atoms with Gasteiger partial charge in [-0.05, 0) is 31.7 Å². The maximum absolute atomic E-state index is 11.5. The summed E-state index contributed by atoms with van der Waals surface area (Å²) in [7, 11) is 1.92. The summed E-state index contributed by atoms with van der Waals surface area (Å²) < 4.78 is 0. The van der Waals surface area contributed by atoms with Gasteiger partial charge in [-0.15, -0.1) is 0 Å². The van der Waals surface area contributed by atoms with Crippen LogP contribution in [0.3, 0.4) is 0 Å². The van der Waals surface area contributed by atoms with Crippen LogP contribution in [0.5, 0.6) is 0 Å². The normalized spacial score (nSPS) is 12.3. The van der Waals surface area contributed by atoms with Crippen molar-refractivity contribution in [3.8, 4) is 0 Å². The van der Waals surface area contributed by atoms with Crippen LogP contribution >= 0.6 is 0 Å². The van der Waals surface area contributed by atoms with Crippen molar-refractivity contribution in [2.24, 2.45) is 0 Å². The lowest BCUT2D eigenvalue weighted by atomic mass is 9.99. The number of aliphatic carboxylic acids is 1. The Hall–Kier alpha value is -2.20. The van der Waals surface area contributed by atoms with Gasteiger partial charge in [0.25, 0.3) is 0 Å². The van der Waals surface area contributed by atoms with E-state index >= 15 is 0 Å². The first kappa shape index (κ1) is 15.2. The lowest BCUT2D eigenvalue weighted by Crippen LogP contribution is -2.29. The average Bonchev–Trinajstić information content (AvgIpc) is 2.45. The monoisotopic (exact) mass is 284 g/mol. The molecule has 2 rings (SSSR count). The topological polar surface area (TPSA) is 53.4 Å². The molecule has 0 radical (unpaired) electrons. The maximum Gasteiger partial charge on any atom is 0.312 e. The largest absolute Gasteiger partial charge is 0.481 e. The van der Waals surface area contributed by atoms with Crippen LogP contribution in [0.1, 0.15) is 22.9 Å². The van der Waals surface area contributed by atoms with Gasteiger partial charge in [0.1, 0.15) is 0 Å². The van der Waals surface area contributed by atoms with Gasteiger partial charge in [0, 0.05) is 18.8 Å². The number of aryl methyl sites for hydroxylation is 1. The molecule has 0 bridgehead atoms. The predicted octanol–water partition coefficient (Wildman–Crippen LogP) is 2.69. The summed E-state index contributed by atoms with van der Waals surface area (Å²) in [4.78, 5) is 17.9. The minimum absolute atomic E-state index is 0.453. The predicted molar refractivity (Wildman–Crippen MR) is 82.1 cm³/mol. The van der Waals surface area contributed by atoms with Gasteiger partial charge in [-0.2, -0.15) is 0 Å². The van der Waals surface area contributed by atoms with E-state index in [0.717, 1.165) is 17.0 Å². The maximum atomic E-state index is 11.5. The first-order valence-corrected chi connectivity index (χ1v) is 6.95. The molecule has 1 aromatic carbocycles. The second-order valence-electron chi connectivity index (χ2n) is 5.27. The molecule has 4 nitrogen and oxygen atoms in total. The number of carboxylic acid groups (broad SMARTS) is 1. The highest BCUT2D eigenvalue weighted by Gasteiger charge is 2.21. The zero-order valence-corrected chi connectivity index (χ0v) is 12.4. The Kier molecular flexibility index (Phi) is 5.06. The van der Waals surface area contributed by atoms with E-state index in [2.05, 4.69) is 4.98 Å². The highest BCUT2D eigenvalue weighted by Crippen LogP contribution is 2.17. The molecule has 0 aliphatic heterocycles. The van der Waals surface area contributed by atoms with Crippen molar-refractivity contribution in [3.63, 3.8) is 0 Å². The Balaban J connectivity index is 2.05. The van der Waals surface area contributed by atoms with E-state index in [9.17, 15) is 9.90 Å². The fraction of sp³-hybridized carbons (Fsp3) is 0.294. The van der Waals surface area contributed by atoms with Gasteiger partial charge in [0.15, 0.2) is 0 Å². The van der Waals surface area contributed by atoms with Crippen LogP contribution in [0.4, 0.5) is 0 Å². The molecule has 0 spiro atoms. The number of hydrogen-bond donors (Lipinski definition) is 1. The Labute approximate surface area is 125 Å². The number of aromatic nitrogens is 1. The SMILES string of the molecule is Cc1cccc(CN(C)CC(C(=O)O)c2ccccc2)n1. The Morgan fingerprint density at radius 1 is 1.19 bits per heavy atom. The Morgan fingerprint density at radius 3 is 2.52 bits per heavy atom. The van der Waals surface area contributed by atoms with Crippen molar-refractivity contribution in [1.82, 2.24) is 9.88 Å². The Bertz CT molecular complexity index is 599. The summed E-state index contributed by atoms with van der Waals surface area (Å²) in [5.74, 6) is -1.33. The number of carboxylic acids is 1. The molecule has 0 aliphatic rings. The number of pyridine rings is 1. The smallest absolute Gasteiger partial charge is 0.312 e. The van der Waals surface area contributed by atoms with Gasteiger partial charge in [-0.25, -0.2) is 0 Å². The minimum atomic E-state index is -0.801. The van der Waals surface area contributed by atoms with Gasteiger partial charge in [-0.3, -0.25) is 14.7 Å². The van der Waals surface area contributed by atoms with Crippen LogP contribution < -0.4 is 0 Å². The molecular formula is C17H20N2O2. The third-order valence-electron chi connectivity index (χ3n) is 3.37. The highest BCUT2D eigenvalue weighted by molar-refractivity contribution is 5.76. The van der Waals surface area contributed by atoms with Crippen molar-refractivity contribution >= 4 is 5.97 Å². The molecule has 21 heavy (non-hydrogen) atoms. The highest BCUT2D eigenvalue weighted by atomic mass is 16.4. The number of nitrogens with zero attached hydrogens (tertiary/aromatic N) is 2. The second kappa shape index (κ2) is 6.99. The average molecular weight is 284 g/mol. The van der Waals surface area contributed by atoms with Crippen LogP contribution in [0.25, 0.3) is 0 Å². The fourth-order valence-corrected chi connectivity index (χ4v) is 2.35. The molecule has 2 aromatic rings. The van der Waals surface area contributed by atoms with Crippen LogP contribution in [0, 0.1) is 6.92 Å². The summed E-state index contributed by atoms with van der Waals surface area (Å²) in [6.07, 6.45) is 0.